The zero-order chi connectivity index (χ0) is 15.2. The van der Waals surface area contributed by atoms with Crippen molar-refractivity contribution in [1.82, 2.24) is 10.3 Å². The van der Waals surface area contributed by atoms with Crippen LogP contribution >= 0.6 is 0 Å². The van der Waals surface area contributed by atoms with Crippen LogP contribution in [0, 0.1) is 12.8 Å². The lowest BCUT2D eigenvalue weighted by atomic mass is 9.98. The Morgan fingerprint density at radius 1 is 1.52 bits per heavy atom. The third kappa shape index (κ3) is 4.17. The zero-order valence-corrected chi connectivity index (χ0v) is 13.1. The Hall–Kier alpha value is -1.62. The Kier molecular flexibility index (Phi) is 5.56. The highest BCUT2D eigenvalue weighted by molar-refractivity contribution is 5.97. The van der Waals surface area contributed by atoms with Crippen LogP contribution in [0.15, 0.2) is 12.1 Å². The van der Waals surface area contributed by atoms with Crippen LogP contribution in [0.25, 0.3) is 0 Å². The summed E-state index contributed by atoms with van der Waals surface area (Å²) < 4.78 is 0. The van der Waals surface area contributed by atoms with Crippen molar-refractivity contribution < 1.29 is 4.79 Å². The van der Waals surface area contributed by atoms with Crippen LogP contribution in [0.3, 0.4) is 0 Å². The minimum absolute atomic E-state index is 0.402. The second-order valence-electron chi connectivity index (χ2n) is 5.85. The van der Waals surface area contributed by atoms with Gasteiger partial charge in [-0.2, -0.15) is 0 Å². The van der Waals surface area contributed by atoms with E-state index in [0.29, 0.717) is 11.5 Å². The number of nitrogens with two attached hydrogens (primary N) is 1. The zero-order valence-electron chi connectivity index (χ0n) is 13.1. The van der Waals surface area contributed by atoms with E-state index in [0.717, 1.165) is 44.1 Å². The van der Waals surface area contributed by atoms with Crippen LogP contribution in [0.5, 0.6) is 0 Å². The second kappa shape index (κ2) is 7.41. The van der Waals surface area contributed by atoms with Crippen LogP contribution in [-0.4, -0.2) is 37.1 Å². The quantitative estimate of drug-likeness (QED) is 0.836. The van der Waals surface area contributed by atoms with Gasteiger partial charge in [0, 0.05) is 18.8 Å². The summed E-state index contributed by atoms with van der Waals surface area (Å²) in [5.74, 6) is 0.948. The lowest BCUT2D eigenvalue weighted by molar-refractivity contribution is 0.100. The van der Waals surface area contributed by atoms with Crippen LogP contribution in [0.1, 0.15) is 42.2 Å². The minimum Gasteiger partial charge on any atom is -0.365 e. The first-order valence-electron chi connectivity index (χ1n) is 7.85. The molecule has 5 nitrogen and oxygen atoms in total. The molecule has 2 rings (SSSR count). The van der Waals surface area contributed by atoms with Gasteiger partial charge in [-0.1, -0.05) is 6.92 Å². The molecule has 116 valence electrons. The molecule has 1 fully saturated rings. The largest absolute Gasteiger partial charge is 0.365 e. The number of piperidine rings is 1. The first-order chi connectivity index (χ1) is 10.1. The molecule has 0 bridgehead atoms. The van der Waals surface area contributed by atoms with E-state index in [9.17, 15) is 4.79 Å². The number of nitrogens with zero attached hydrogens (tertiary/aromatic N) is 2. The van der Waals surface area contributed by atoms with Gasteiger partial charge in [0.2, 0.25) is 0 Å². The third-order valence-electron chi connectivity index (χ3n) is 3.95. The van der Waals surface area contributed by atoms with Gasteiger partial charge >= 0.3 is 0 Å². The Balaban J connectivity index is 2.23. The molecule has 0 radical (unpaired) electrons. The molecule has 1 aromatic rings. The topological polar surface area (TPSA) is 71.2 Å². The van der Waals surface area contributed by atoms with Gasteiger partial charge in [0.25, 0.3) is 5.91 Å². The van der Waals surface area contributed by atoms with Crippen LogP contribution in [-0.2, 0) is 0 Å². The van der Waals surface area contributed by atoms with Gasteiger partial charge in [0.15, 0.2) is 0 Å². The lowest BCUT2D eigenvalue weighted by Crippen LogP contribution is -2.39. The highest BCUT2D eigenvalue weighted by Gasteiger charge is 2.21. The highest BCUT2D eigenvalue weighted by Crippen LogP contribution is 2.22. The number of hydrogen-bond donors (Lipinski definition) is 2. The van der Waals surface area contributed by atoms with Crippen molar-refractivity contribution in [2.45, 2.75) is 33.1 Å². The number of aromatic nitrogens is 1. The van der Waals surface area contributed by atoms with Gasteiger partial charge in [-0.15, -0.1) is 0 Å². The van der Waals surface area contributed by atoms with E-state index in [-0.39, 0.29) is 0 Å². The summed E-state index contributed by atoms with van der Waals surface area (Å²) in [7, 11) is 0. The van der Waals surface area contributed by atoms with E-state index in [1.54, 1.807) is 6.07 Å². The summed E-state index contributed by atoms with van der Waals surface area (Å²) >= 11 is 0. The first kappa shape index (κ1) is 15.8. The Labute approximate surface area is 126 Å². The molecule has 1 unspecified atom stereocenters. The predicted octanol–water partition coefficient (Wildman–Crippen LogP) is 1.70. The fourth-order valence-corrected chi connectivity index (χ4v) is 2.92. The smallest absolute Gasteiger partial charge is 0.252 e. The molecule has 1 atom stereocenters. The maximum absolute atomic E-state index is 11.7. The van der Waals surface area contributed by atoms with E-state index >= 15 is 0 Å². The maximum Gasteiger partial charge on any atom is 0.252 e. The predicted molar refractivity (Wildman–Crippen MR) is 85.6 cm³/mol. The monoisotopic (exact) mass is 290 g/mol. The number of carbonyl (C=O) groups excluding carboxylic acids is 1. The average Bonchev–Trinajstić information content (AvgIpc) is 2.47. The van der Waals surface area contributed by atoms with E-state index < -0.39 is 5.91 Å². The fourth-order valence-electron chi connectivity index (χ4n) is 2.92. The van der Waals surface area contributed by atoms with Crippen molar-refractivity contribution >= 4 is 11.7 Å². The molecule has 2 heterocycles. The van der Waals surface area contributed by atoms with Gasteiger partial charge in [0.05, 0.1) is 5.56 Å². The number of aryl methyl sites for hydroxylation is 1. The number of amides is 1. The SMILES string of the molecule is CCCN(CC1CCCNC1)c1nc(C)ccc1C(N)=O. The van der Waals surface area contributed by atoms with E-state index in [4.69, 9.17) is 5.73 Å². The number of carbonyl (C=O) groups is 1. The van der Waals surface area contributed by atoms with E-state index in [2.05, 4.69) is 22.1 Å². The standard InChI is InChI=1S/C16H26N4O/c1-3-9-20(11-13-5-4-8-18-10-13)16-14(15(17)21)7-6-12(2)19-16/h6-7,13,18H,3-5,8-11H2,1-2H3,(H2,17,21). The van der Waals surface area contributed by atoms with Crippen molar-refractivity contribution in [1.29, 1.82) is 0 Å². The van der Waals surface area contributed by atoms with Crippen molar-refractivity contribution in [2.24, 2.45) is 11.7 Å². The van der Waals surface area contributed by atoms with E-state index in [1.807, 2.05) is 13.0 Å². The molecule has 1 amide bonds. The van der Waals surface area contributed by atoms with Crippen molar-refractivity contribution in [2.75, 3.05) is 31.1 Å². The second-order valence-corrected chi connectivity index (χ2v) is 5.85. The van der Waals surface area contributed by atoms with Gasteiger partial charge < -0.3 is 16.0 Å². The van der Waals surface area contributed by atoms with Crippen molar-refractivity contribution in [3.05, 3.63) is 23.4 Å². The van der Waals surface area contributed by atoms with Crippen molar-refractivity contribution in [3.8, 4) is 0 Å². The lowest BCUT2D eigenvalue weighted by Gasteiger charge is -2.31. The van der Waals surface area contributed by atoms with E-state index in [1.165, 1.54) is 12.8 Å². The van der Waals surface area contributed by atoms with Crippen LogP contribution in [0.4, 0.5) is 5.82 Å². The summed E-state index contributed by atoms with van der Waals surface area (Å²) in [6, 6.07) is 3.64. The Morgan fingerprint density at radius 3 is 2.95 bits per heavy atom. The Morgan fingerprint density at radius 2 is 2.33 bits per heavy atom. The number of primary amides is 1. The van der Waals surface area contributed by atoms with Crippen LogP contribution in [0.2, 0.25) is 0 Å². The molecule has 0 aliphatic carbocycles. The number of rotatable bonds is 6. The summed E-state index contributed by atoms with van der Waals surface area (Å²) in [6.45, 7) is 8.06. The molecule has 0 saturated carbocycles. The minimum atomic E-state index is -0.402. The normalized spacial score (nSPS) is 18.5. The third-order valence-corrected chi connectivity index (χ3v) is 3.95. The molecule has 1 aliphatic heterocycles. The highest BCUT2D eigenvalue weighted by atomic mass is 16.1. The number of nitrogens with one attached hydrogen (secondary N) is 1. The Bertz CT molecular complexity index is 483. The van der Waals surface area contributed by atoms with Gasteiger partial charge in [0.1, 0.15) is 5.82 Å². The molecule has 5 heteroatoms. The molecule has 21 heavy (non-hydrogen) atoms. The molecule has 0 aromatic carbocycles. The van der Waals surface area contributed by atoms with Gasteiger partial charge in [-0.25, -0.2) is 4.98 Å². The molecule has 1 aromatic heterocycles. The van der Waals surface area contributed by atoms with Gasteiger partial charge in [-0.05, 0) is 57.3 Å². The molecular formula is C16H26N4O. The molecule has 1 saturated heterocycles. The summed E-state index contributed by atoms with van der Waals surface area (Å²) in [5, 5.41) is 3.44. The fraction of sp³-hybridized carbons (Fsp3) is 0.625. The molecular weight excluding hydrogens is 264 g/mol. The van der Waals surface area contributed by atoms with Gasteiger partial charge in [-0.3, -0.25) is 4.79 Å². The summed E-state index contributed by atoms with van der Waals surface area (Å²) in [4.78, 5) is 18.5. The van der Waals surface area contributed by atoms with Crippen molar-refractivity contribution in [3.63, 3.8) is 0 Å². The average molecular weight is 290 g/mol. The summed E-state index contributed by atoms with van der Waals surface area (Å²) in [5.41, 5.74) is 6.95. The number of anilines is 1. The first-order valence-corrected chi connectivity index (χ1v) is 7.85. The molecule has 0 spiro atoms. The number of pyridine rings is 1. The molecule has 3 N–H and O–H groups in total. The number of hydrogen-bond acceptors (Lipinski definition) is 4. The molecule has 1 aliphatic rings. The summed E-state index contributed by atoms with van der Waals surface area (Å²) in [6.07, 6.45) is 3.47. The van der Waals surface area contributed by atoms with Crippen LogP contribution < -0.4 is 16.0 Å². The maximum atomic E-state index is 11.7.